The maximum atomic E-state index is 4.34. The van der Waals surface area contributed by atoms with Crippen LogP contribution in [0.1, 0.15) is 32.1 Å². The number of hydrogen-bond donors (Lipinski definition) is 1. The molecule has 0 aliphatic heterocycles. The Labute approximate surface area is 124 Å². The summed E-state index contributed by atoms with van der Waals surface area (Å²) in [6.07, 6.45) is 8.66. The first-order valence-electron chi connectivity index (χ1n) is 6.63. The molecule has 1 fully saturated rings. The number of rotatable bonds is 2. The van der Waals surface area contributed by atoms with Crippen molar-refractivity contribution in [3.63, 3.8) is 0 Å². The predicted molar refractivity (Wildman–Crippen MR) is 79.7 cm³/mol. The zero-order valence-corrected chi connectivity index (χ0v) is 14.6. The second-order valence-electron chi connectivity index (χ2n) is 5.25. The van der Waals surface area contributed by atoms with Crippen LogP contribution in [0.5, 0.6) is 0 Å². The van der Waals surface area contributed by atoms with Gasteiger partial charge in [0.2, 0.25) is 0 Å². The molecule has 0 atom stereocenters. The van der Waals surface area contributed by atoms with Crippen LogP contribution in [-0.4, -0.2) is 59.6 Å². The molecule has 3 radical (unpaired) electrons. The number of nitrogens with zero attached hydrogens (tertiary/aromatic N) is 2. The van der Waals surface area contributed by atoms with E-state index < -0.39 is 0 Å². The molecule has 0 saturated heterocycles. The third kappa shape index (κ3) is 7.21. The summed E-state index contributed by atoms with van der Waals surface area (Å²) in [5.74, 6) is 1.06. The maximum absolute atomic E-state index is 4.34. The van der Waals surface area contributed by atoms with Crippen LogP contribution in [0.25, 0.3) is 0 Å². The minimum absolute atomic E-state index is 0.661. The average Bonchev–Trinajstić information content (AvgIpc) is 2.29. The van der Waals surface area contributed by atoms with E-state index in [9.17, 15) is 0 Å². The van der Waals surface area contributed by atoms with Gasteiger partial charge >= 0.3 is 98.7 Å². The second kappa shape index (κ2) is 8.75. The van der Waals surface area contributed by atoms with Crippen molar-refractivity contribution in [2.45, 2.75) is 38.1 Å². The SMILES string of the molecule is CN(C)C.[Sn][c]1ccnc(NC2CCCCC2)c1. The van der Waals surface area contributed by atoms with Crippen molar-refractivity contribution in [2.75, 3.05) is 26.5 Å². The van der Waals surface area contributed by atoms with Gasteiger partial charge in [-0.25, -0.2) is 0 Å². The van der Waals surface area contributed by atoms with E-state index in [-0.39, 0.29) is 0 Å². The van der Waals surface area contributed by atoms with Gasteiger partial charge in [-0.3, -0.25) is 0 Å². The van der Waals surface area contributed by atoms with Gasteiger partial charge in [0, 0.05) is 0 Å². The van der Waals surface area contributed by atoms with Crippen LogP contribution in [0.3, 0.4) is 0 Å². The molecule has 0 spiro atoms. The molecule has 1 heterocycles. The summed E-state index contributed by atoms with van der Waals surface area (Å²) >= 11 is 1.46. The predicted octanol–water partition coefficient (Wildman–Crippen LogP) is 1.80. The zero-order valence-electron chi connectivity index (χ0n) is 11.7. The molecular formula is C14H24N3Sn. The van der Waals surface area contributed by atoms with E-state index in [4.69, 9.17) is 0 Å². The summed E-state index contributed by atoms with van der Waals surface area (Å²) in [6.45, 7) is 0. The van der Waals surface area contributed by atoms with E-state index in [1.54, 1.807) is 0 Å². The fourth-order valence-electron chi connectivity index (χ4n) is 1.97. The molecule has 3 nitrogen and oxygen atoms in total. The standard InChI is InChI=1S/C11H15N2.C3H9N.Sn/c1-2-6-10(7-3-1)13-11-8-4-5-9-12-11;1-4(2)3;/h5,8-10H,1-3,6-7H2,(H,12,13);1-3H3;. The van der Waals surface area contributed by atoms with Crippen molar-refractivity contribution < 1.29 is 0 Å². The van der Waals surface area contributed by atoms with Gasteiger partial charge in [0.25, 0.3) is 0 Å². The van der Waals surface area contributed by atoms with Gasteiger partial charge in [-0.1, -0.05) is 0 Å². The molecule has 1 saturated carbocycles. The zero-order chi connectivity index (χ0) is 13.4. The molecule has 18 heavy (non-hydrogen) atoms. The van der Waals surface area contributed by atoms with Crippen LogP contribution in [0.2, 0.25) is 0 Å². The Morgan fingerprint density at radius 3 is 2.39 bits per heavy atom. The van der Waals surface area contributed by atoms with E-state index in [2.05, 4.69) is 22.4 Å². The van der Waals surface area contributed by atoms with Crippen molar-refractivity contribution >= 4 is 31.9 Å². The van der Waals surface area contributed by atoms with Crippen molar-refractivity contribution in [3.8, 4) is 0 Å². The molecule has 4 heteroatoms. The van der Waals surface area contributed by atoms with E-state index in [0.717, 1.165) is 5.82 Å². The van der Waals surface area contributed by atoms with Gasteiger partial charge in [0.1, 0.15) is 0 Å². The Kier molecular flexibility index (Phi) is 7.66. The Hall–Kier alpha value is -0.291. The molecule has 2 rings (SSSR count). The fourth-order valence-corrected chi connectivity index (χ4v) is 2.57. The van der Waals surface area contributed by atoms with Crippen LogP contribution in [-0.2, 0) is 0 Å². The first-order valence-corrected chi connectivity index (χ1v) is 8.06. The molecule has 1 N–H and O–H groups in total. The number of nitrogens with one attached hydrogen (secondary N) is 1. The summed E-state index contributed by atoms with van der Waals surface area (Å²) in [5, 5.41) is 3.52. The number of hydrogen-bond acceptors (Lipinski definition) is 3. The van der Waals surface area contributed by atoms with Crippen molar-refractivity contribution in [2.24, 2.45) is 0 Å². The summed E-state index contributed by atoms with van der Waals surface area (Å²) in [4.78, 5) is 6.34. The summed E-state index contributed by atoms with van der Waals surface area (Å²) in [6, 6.07) is 4.89. The van der Waals surface area contributed by atoms with Gasteiger partial charge in [-0.15, -0.1) is 0 Å². The molecule has 1 aromatic heterocycles. The van der Waals surface area contributed by atoms with E-state index in [1.165, 1.54) is 58.2 Å². The van der Waals surface area contributed by atoms with Gasteiger partial charge in [-0.2, -0.15) is 0 Å². The first kappa shape index (κ1) is 15.8. The molecule has 1 aromatic rings. The van der Waals surface area contributed by atoms with Gasteiger partial charge in [0.15, 0.2) is 0 Å². The molecule has 0 amide bonds. The number of pyridine rings is 1. The van der Waals surface area contributed by atoms with Gasteiger partial charge < -0.3 is 4.90 Å². The van der Waals surface area contributed by atoms with Crippen molar-refractivity contribution in [1.29, 1.82) is 0 Å². The topological polar surface area (TPSA) is 28.2 Å². The van der Waals surface area contributed by atoms with E-state index in [1.807, 2.05) is 32.2 Å². The van der Waals surface area contributed by atoms with Crippen molar-refractivity contribution in [1.82, 2.24) is 9.88 Å². The van der Waals surface area contributed by atoms with Crippen LogP contribution in [0.15, 0.2) is 18.3 Å². The van der Waals surface area contributed by atoms with Crippen LogP contribution < -0.4 is 8.90 Å². The van der Waals surface area contributed by atoms with Crippen LogP contribution >= 0.6 is 0 Å². The van der Waals surface area contributed by atoms with Crippen molar-refractivity contribution in [3.05, 3.63) is 18.3 Å². The third-order valence-corrected chi connectivity index (χ3v) is 3.60. The Morgan fingerprint density at radius 2 is 1.83 bits per heavy atom. The average molecular weight is 353 g/mol. The quantitative estimate of drug-likeness (QED) is 0.822. The minimum atomic E-state index is 0.661. The molecule has 0 aromatic carbocycles. The number of aromatic nitrogens is 1. The van der Waals surface area contributed by atoms with Gasteiger partial charge in [-0.05, 0) is 21.1 Å². The van der Waals surface area contributed by atoms with Crippen LogP contribution in [0, 0.1) is 0 Å². The summed E-state index contributed by atoms with van der Waals surface area (Å²) in [5.41, 5.74) is 0. The Balaban J connectivity index is 0.000000357. The summed E-state index contributed by atoms with van der Waals surface area (Å²) < 4.78 is 1.37. The van der Waals surface area contributed by atoms with Crippen LogP contribution in [0.4, 0.5) is 5.82 Å². The van der Waals surface area contributed by atoms with E-state index >= 15 is 0 Å². The molecule has 99 valence electrons. The molecule has 0 unspecified atom stereocenters. The second-order valence-corrected chi connectivity index (χ2v) is 6.90. The first-order chi connectivity index (χ1) is 8.58. The normalized spacial score (nSPS) is 16.1. The Bertz CT molecular complexity index is 333. The fraction of sp³-hybridized carbons (Fsp3) is 0.643. The number of anilines is 1. The third-order valence-electron chi connectivity index (χ3n) is 2.72. The van der Waals surface area contributed by atoms with Gasteiger partial charge in [0.05, 0.1) is 0 Å². The molecule has 1 aliphatic rings. The molecule has 0 bridgehead atoms. The Morgan fingerprint density at radius 1 is 1.22 bits per heavy atom. The molecular weight excluding hydrogens is 329 g/mol. The summed E-state index contributed by atoms with van der Waals surface area (Å²) in [7, 11) is 6.00. The molecule has 1 aliphatic carbocycles. The van der Waals surface area contributed by atoms with E-state index in [0.29, 0.717) is 6.04 Å². The monoisotopic (exact) mass is 354 g/mol.